The fraction of sp³-hybridized carbons (Fsp3) is 0.643. The first-order valence-electron chi connectivity index (χ1n) is 8.74. The normalized spacial score (nSPS) is 32.0. The maximum atomic E-state index is 12.7. The van der Waals surface area contributed by atoms with Gasteiger partial charge in [0.05, 0.1) is 19.0 Å². The second-order valence-corrected chi connectivity index (χ2v) is 11.2. The van der Waals surface area contributed by atoms with Gasteiger partial charge in [-0.3, -0.25) is 18.1 Å². The number of nitrogen functional groups attached to an aromatic ring is 1. The van der Waals surface area contributed by atoms with Crippen molar-refractivity contribution in [1.29, 1.82) is 0 Å². The van der Waals surface area contributed by atoms with Gasteiger partial charge >= 0.3 is 7.82 Å². The van der Waals surface area contributed by atoms with Gasteiger partial charge in [0.2, 0.25) is 5.95 Å². The average molecular weight is 464 g/mol. The third-order valence-corrected chi connectivity index (χ3v) is 8.99. The molecule has 5 rings (SSSR count). The second-order valence-electron chi connectivity index (χ2n) is 6.67. The zero-order chi connectivity index (χ0) is 19.3. The number of imidazole rings is 1. The van der Waals surface area contributed by atoms with Crippen molar-refractivity contribution in [2.75, 3.05) is 23.8 Å². The zero-order valence-corrected chi connectivity index (χ0v) is 17.9. The first-order chi connectivity index (χ1) is 13.5. The fourth-order valence-corrected chi connectivity index (χ4v) is 7.86. The summed E-state index contributed by atoms with van der Waals surface area (Å²) in [6, 6.07) is 0. The standard InChI is InChI=1S/C14H18N5O5PS3/c15-14-17-12-11(13(26)18-14)16-6-19(12)10-2-1-7(22-10)3-21-25(20)23-8-4-27-28-5-9(8)24-25/h6-10H,1-5H2,(H3,15,17,18,26)/t7-,8+,9+,10+/m0/s1. The van der Waals surface area contributed by atoms with E-state index in [1.807, 2.05) is 4.57 Å². The number of aromatic nitrogens is 4. The number of phosphoric acid groups is 1. The van der Waals surface area contributed by atoms with Crippen LogP contribution in [0.25, 0.3) is 11.2 Å². The Balaban J connectivity index is 1.23. The summed E-state index contributed by atoms with van der Waals surface area (Å²) in [5.41, 5.74) is 6.91. The van der Waals surface area contributed by atoms with Crippen molar-refractivity contribution in [1.82, 2.24) is 19.5 Å². The Kier molecular flexibility index (Phi) is 5.21. The zero-order valence-electron chi connectivity index (χ0n) is 14.6. The summed E-state index contributed by atoms with van der Waals surface area (Å²) in [4.78, 5) is 11.4. The van der Waals surface area contributed by atoms with E-state index in [1.54, 1.807) is 27.9 Å². The summed E-state index contributed by atoms with van der Waals surface area (Å²) in [6.45, 7) is 0.135. The van der Waals surface area contributed by atoms with Crippen molar-refractivity contribution in [3.63, 3.8) is 0 Å². The maximum Gasteiger partial charge on any atom is 0.475 e. The number of phosphoric ester groups is 1. The van der Waals surface area contributed by atoms with Gasteiger partial charge in [0.1, 0.15) is 28.6 Å². The molecule has 0 amide bonds. The van der Waals surface area contributed by atoms with E-state index in [0.29, 0.717) is 15.8 Å². The molecule has 3 aliphatic rings. The molecule has 0 bridgehead atoms. The van der Waals surface area contributed by atoms with Crippen LogP contribution in [0.5, 0.6) is 0 Å². The molecule has 3 saturated heterocycles. The summed E-state index contributed by atoms with van der Waals surface area (Å²) in [6.07, 6.45) is 2.25. The SMILES string of the molecule is Nc1nc2c(ncn2[C@H]2CC[C@@H](COP3(=O)O[C@@H]4CSSC[C@H]4O3)O2)c(=S)[nH]1. The Morgan fingerprint density at radius 1 is 1.36 bits per heavy atom. The van der Waals surface area contributed by atoms with Crippen LogP contribution >= 0.6 is 41.6 Å². The van der Waals surface area contributed by atoms with E-state index >= 15 is 0 Å². The van der Waals surface area contributed by atoms with Crippen molar-refractivity contribution < 1.29 is 22.9 Å². The summed E-state index contributed by atoms with van der Waals surface area (Å²) >= 11 is 5.24. The molecule has 2 aromatic heterocycles. The van der Waals surface area contributed by atoms with Gasteiger partial charge in [-0.25, -0.2) is 9.55 Å². The van der Waals surface area contributed by atoms with Crippen LogP contribution in [0.1, 0.15) is 19.1 Å². The lowest BCUT2D eigenvalue weighted by Gasteiger charge is -2.18. The molecule has 0 aromatic carbocycles. The number of nitrogens with one attached hydrogen (secondary N) is 1. The predicted octanol–water partition coefficient (Wildman–Crippen LogP) is 3.05. The van der Waals surface area contributed by atoms with Gasteiger partial charge in [-0.1, -0.05) is 33.8 Å². The van der Waals surface area contributed by atoms with Crippen molar-refractivity contribution in [3.8, 4) is 0 Å². The number of hydrogen-bond donors (Lipinski definition) is 2. The highest BCUT2D eigenvalue weighted by atomic mass is 33.1. The molecule has 4 atom stereocenters. The molecule has 3 N–H and O–H groups in total. The highest BCUT2D eigenvalue weighted by Crippen LogP contribution is 2.60. The molecule has 0 saturated carbocycles. The van der Waals surface area contributed by atoms with Crippen LogP contribution in [0, 0.1) is 4.64 Å². The first-order valence-corrected chi connectivity index (χ1v) is 13.1. The number of H-pyrrole nitrogens is 1. The lowest BCUT2D eigenvalue weighted by Crippen LogP contribution is -2.29. The van der Waals surface area contributed by atoms with Crippen molar-refractivity contribution in [2.24, 2.45) is 0 Å². The van der Waals surface area contributed by atoms with Crippen molar-refractivity contribution >= 4 is 58.7 Å². The number of aromatic amines is 1. The lowest BCUT2D eigenvalue weighted by atomic mass is 10.2. The summed E-state index contributed by atoms with van der Waals surface area (Å²) in [5, 5.41) is 0. The number of nitrogens with two attached hydrogens (primary N) is 1. The molecule has 152 valence electrons. The highest BCUT2D eigenvalue weighted by molar-refractivity contribution is 8.76. The molecule has 10 nitrogen and oxygen atoms in total. The van der Waals surface area contributed by atoms with E-state index in [-0.39, 0.29) is 37.1 Å². The molecule has 14 heteroatoms. The third kappa shape index (κ3) is 3.63. The number of anilines is 1. The largest absolute Gasteiger partial charge is 0.475 e. The summed E-state index contributed by atoms with van der Waals surface area (Å²) in [7, 11) is -0.144. The van der Waals surface area contributed by atoms with Crippen molar-refractivity contribution in [2.45, 2.75) is 37.4 Å². The van der Waals surface area contributed by atoms with Gasteiger partial charge in [-0.05, 0) is 12.8 Å². The highest BCUT2D eigenvalue weighted by Gasteiger charge is 2.48. The van der Waals surface area contributed by atoms with Gasteiger partial charge in [0.25, 0.3) is 0 Å². The second kappa shape index (κ2) is 7.55. The number of nitrogens with zero attached hydrogens (tertiary/aromatic N) is 3. The molecular weight excluding hydrogens is 445 g/mol. The first kappa shape index (κ1) is 19.3. The van der Waals surface area contributed by atoms with E-state index in [0.717, 1.165) is 24.3 Å². The molecule has 3 fully saturated rings. The molecule has 0 radical (unpaired) electrons. The molecule has 5 heterocycles. The number of hydrogen-bond acceptors (Lipinski definition) is 11. The van der Waals surface area contributed by atoms with Crippen LogP contribution in [0.2, 0.25) is 0 Å². The van der Waals surface area contributed by atoms with Crippen LogP contribution in [0.3, 0.4) is 0 Å². The average Bonchev–Trinajstić information content (AvgIpc) is 3.35. The Bertz CT molecular complexity index is 983. The topological polar surface area (TPSA) is 127 Å². The van der Waals surface area contributed by atoms with Gasteiger partial charge in [-0.2, -0.15) is 4.98 Å². The van der Waals surface area contributed by atoms with Crippen molar-refractivity contribution in [3.05, 3.63) is 11.0 Å². The Hall–Kier alpha value is -0.660. The molecule has 2 aromatic rings. The monoisotopic (exact) mass is 463 g/mol. The minimum absolute atomic E-state index is 0.135. The summed E-state index contributed by atoms with van der Waals surface area (Å²) in [5.74, 6) is 1.72. The van der Waals surface area contributed by atoms with Crippen LogP contribution in [0.15, 0.2) is 6.33 Å². The smallest absolute Gasteiger partial charge is 0.369 e. The number of rotatable bonds is 4. The number of fused-ring (bicyclic) bond motifs is 2. The predicted molar refractivity (Wildman–Crippen MR) is 108 cm³/mol. The maximum absolute atomic E-state index is 12.7. The van der Waals surface area contributed by atoms with Gasteiger partial charge < -0.3 is 15.5 Å². The Morgan fingerprint density at radius 3 is 2.86 bits per heavy atom. The van der Waals surface area contributed by atoms with Gasteiger partial charge in [0, 0.05) is 11.5 Å². The fourth-order valence-electron chi connectivity index (χ4n) is 3.40. The van der Waals surface area contributed by atoms with E-state index in [2.05, 4.69) is 15.0 Å². The van der Waals surface area contributed by atoms with E-state index in [1.165, 1.54) is 0 Å². The molecule has 3 aliphatic heterocycles. The minimum atomic E-state index is -3.53. The molecule has 0 unspecified atom stereocenters. The summed E-state index contributed by atoms with van der Waals surface area (Å²) < 4.78 is 37.7. The van der Waals surface area contributed by atoms with E-state index < -0.39 is 7.82 Å². The molecule has 28 heavy (non-hydrogen) atoms. The van der Waals surface area contributed by atoms with Crippen LogP contribution in [-0.4, -0.2) is 55.9 Å². The van der Waals surface area contributed by atoms with Crippen LogP contribution in [0.4, 0.5) is 5.95 Å². The van der Waals surface area contributed by atoms with Gasteiger partial charge in [-0.15, -0.1) is 0 Å². The quantitative estimate of drug-likeness (QED) is 0.394. The minimum Gasteiger partial charge on any atom is -0.369 e. The van der Waals surface area contributed by atoms with Gasteiger partial charge in [0.15, 0.2) is 5.65 Å². The Morgan fingerprint density at radius 2 is 2.11 bits per heavy atom. The lowest BCUT2D eigenvalue weighted by molar-refractivity contribution is -0.0210. The molecule has 0 aliphatic carbocycles. The number of ether oxygens (including phenoxy) is 1. The van der Waals surface area contributed by atoms with Crippen LogP contribution < -0.4 is 5.73 Å². The molecule has 0 spiro atoms. The Labute approximate surface area is 173 Å². The van der Waals surface area contributed by atoms with Crippen LogP contribution in [-0.2, 0) is 22.9 Å². The van der Waals surface area contributed by atoms with E-state index in [4.69, 9.17) is 36.3 Å². The third-order valence-electron chi connectivity index (χ3n) is 4.76. The molecular formula is C14H18N5O5PS3. The van der Waals surface area contributed by atoms with E-state index in [9.17, 15) is 4.57 Å².